The molecule has 0 heterocycles. The van der Waals surface area contributed by atoms with E-state index in [1.165, 1.54) is 0 Å². The molecule has 1 aromatic rings. The SMILES string of the molecule is CC(C)CNC(=O)COc1ccc(Cl)cc1C(C)O. The van der Waals surface area contributed by atoms with Crippen molar-refractivity contribution in [3.05, 3.63) is 28.8 Å². The molecule has 0 aliphatic rings. The minimum atomic E-state index is -0.701. The second kappa shape index (κ2) is 7.36. The predicted octanol–water partition coefficient (Wildman–Crippen LogP) is 2.54. The minimum absolute atomic E-state index is 0.0753. The van der Waals surface area contributed by atoms with Crippen LogP contribution in [-0.4, -0.2) is 24.2 Å². The average Bonchev–Trinajstić information content (AvgIpc) is 2.34. The van der Waals surface area contributed by atoms with E-state index < -0.39 is 6.10 Å². The van der Waals surface area contributed by atoms with E-state index in [4.69, 9.17) is 16.3 Å². The fraction of sp³-hybridized carbons (Fsp3) is 0.500. The fourth-order valence-corrected chi connectivity index (χ4v) is 1.67. The molecule has 2 N–H and O–H groups in total. The molecule has 0 aromatic heterocycles. The summed E-state index contributed by atoms with van der Waals surface area (Å²) >= 11 is 5.86. The zero-order chi connectivity index (χ0) is 14.4. The molecule has 1 amide bonds. The van der Waals surface area contributed by atoms with Crippen LogP contribution < -0.4 is 10.1 Å². The van der Waals surface area contributed by atoms with Gasteiger partial charge in [0.05, 0.1) is 6.10 Å². The van der Waals surface area contributed by atoms with Crippen molar-refractivity contribution < 1.29 is 14.6 Å². The van der Waals surface area contributed by atoms with Crippen molar-refractivity contribution in [1.29, 1.82) is 0 Å². The van der Waals surface area contributed by atoms with Crippen molar-refractivity contribution in [3.8, 4) is 5.75 Å². The van der Waals surface area contributed by atoms with E-state index in [0.717, 1.165) is 0 Å². The van der Waals surface area contributed by atoms with E-state index in [1.54, 1.807) is 25.1 Å². The van der Waals surface area contributed by atoms with E-state index in [9.17, 15) is 9.90 Å². The van der Waals surface area contributed by atoms with Gasteiger partial charge in [0.1, 0.15) is 5.75 Å². The molecule has 1 atom stereocenters. The highest BCUT2D eigenvalue weighted by Gasteiger charge is 2.11. The third-order valence-corrected chi connectivity index (χ3v) is 2.72. The molecule has 0 saturated carbocycles. The number of ether oxygens (including phenoxy) is 1. The number of halogens is 1. The molecule has 0 aliphatic heterocycles. The van der Waals surface area contributed by atoms with Crippen molar-refractivity contribution in [2.75, 3.05) is 13.2 Å². The van der Waals surface area contributed by atoms with Crippen molar-refractivity contribution in [2.24, 2.45) is 5.92 Å². The zero-order valence-electron chi connectivity index (χ0n) is 11.4. The van der Waals surface area contributed by atoms with Gasteiger partial charge in [0.2, 0.25) is 0 Å². The van der Waals surface area contributed by atoms with Crippen LogP contribution in [0.5, 0.6) is 5.75 Å². The maximum Gasteiger partial charge on any atom is 0.257 e. The minimum Gasteiger partial charge on any atom is -0.483 e. The molecular weight excluding hydrogens is 266 g/mol. The Balaban J connectivity index is 2.60. The first kappa shape index (κ1) is 15.8. The number of hydrogen-bond donors (Lipinski definition) is 2. The summed E-state index contributed by atoms with van der Waals surface area (Å²) < 4.78 is 5.42. The molecule has 106 valence electrons. The van der Waals surface area contributed by atoms with Crippen molar-refractivity contribution in [1.82, 2.24) is 5.32 Å². The van der Waals surface area contributed by atoms with Gasteiger partial charge in [-0.25, -0.2) is 0 Å². The molecule has 0 radical (unpaired) electrons. The number of aliphatic hydroxyl groups is 1. The van der Waals surface area contributed by atoms with Gasteiger partial charge in [-0.2, -0.15) is 0 Å². The van der Waals surface area contributed by atoms with Crippen LogP contribution in [0.3, 0.4) is 0 Å². The first-order valence-corrected chi connectivity index (χ1v) is 6.65. The molecule has 1 aromatic carbocycles. The van der Waals surface area contributed by atoms with Gasteiger partial charge in [0.25, 0.3) is 5.91 Å². The summed E-state index contributed by atoms with van der Waals surface area (Å²) in [5, 5.41) is 12.9. The first-order valence-electron chi connectivity index (χ1n) is 6.27. The molecule has 0 bridgehead atoms. The number of hydrogen-bond acceptors (Lipinski definition) is 3. The van der Waals surface area contributed by atoms with Crippen molar-refractivity contribution >= 4 is 17.5 Å². The number of benzene rings is 1. The topological polar surface area (TPSA) is 58.6 Å². The van der Waals surface area contributed by atoms with Gasteiger partial charge in [0, 0.05) is 17.1 Å². The lowest BCUT2D eigenvalue weighted by molar-refractivity contribution is -0.123. The molecule has 19 heavy (non-hydrogen) atoms. The number of aliphatic hydroxyl groups excluding tert-OH is 1. The second-order valence-electron chi connectivity index (χ2n) is 4.84. The third-order valence-electron chi connectivity index (χ3n) is 2.49. The Morgan fingerprint density at radius 1 is 1.42 bits per heavy atom. The summed E-state index contributed by atoms with van der Waals surface area (Å²) in [6.07, 6.45) is -0.701. The Labute approximate surface area is 118 Å². The lowest BCUT2D eigenvalue weighted by Crippen LogP contribution is -2.31. The fourth-order valence-electron chi connectivity index (χ4n) is 1.49. The number of amides is 1. The highest BCUT2D eigenvalue weighted by molar-refractivity contribution is 6.30. The van der Waals surface area contributed by atoms with Gasteiger partial charge in [0.15, 0.2) is 6.61 Å². The predicted molar refractivity (Wildman–Crippen MR) is 75.4 cm³/mol. The van der Waals surface area contributed by atoms with E-state index in [2.05, 4.69) is 5.32 Å². The summed E-state index contributed by atoms with van der Waals surface area (Å²) in [5.74, 6) is 0.687. The van der Waals surface area contributed by atoms with Gasteiger partial charge in [-0.1, -0.05) is 25.4 Å². The summed E-state index contributed by atoms with van der Waals surface area (Å²) in [4.78, 5) is 11.5. The van der Waals surface area contributed by atoms with Crippen LogP contribution >= 0.6 is 11.6 Å². The Bertz CT molecular complexity index is 433. The number of nitrogens with one attached hydrogen (secondary N) is 1. The van der Waals surface area contributed by atoms with Crippen LogP contribution in [0.1, 0.15) is 32.4 Å². The van der Waals surface area contributed by atoms with E-state index in [1.807, 2.05) is 13.8 Å². The lowest BCUT2D eigenvalue weighted by Gasteiger charge is -2.14. The van der Waals surface area contributed by atoms with Crippen molar-refractivity contribution in [3.63, 3.8) is 0 Å². The van der Waals surface area contributed by atoms with Gasteiger partial charge >= 0.3 is 0 Å². The summed E-state index contributed by atoms with van der Waals surface area (Å²) in [5.41, 5.74) is 0.573. The van der Waals surface area contributed by atoms with E-state index in [0.29, 0.717) is 28.8 Å². The Morgan fingerprint density at radius 3 is 2.68 bits per heavy atom. The number of carbonyl (C=O) groups excluding carboxylic acids is 1. The molecule has 0 aliphatic carbocycles. The molecule has 4 nitrogen and oxygen atoms in total. The average molecular weight is 286 g/mol. The second-order valence-corrected chi connectivity index (χ2v) is 5.28. The third kappa shape index (κ3) is 5.49. The largest absolute Gasteiger partial charge is 0.483 e. The molecule has 0 saturated heterocycles. The van der Waals surface area contributed by atoms with E-state index in [-0.39, 0.29) is 12.5 Å². The molecule has 0 fully saturated rings. The van der Waals surface area contributed by atoms with E-state index >= 15 is 0 Å². The monoisotopic (exact) mass is 285 g/mol. The molecule has 0 spiro atoms. The summed E-state index contributed by atoms with van der Waals surface area (Å²) in [7, 11) is 0. The van der Waals surface area contributed by atoms with Crippen molar-refractivity contribution in [2.45, 2.75) is 26.9 Å². The Morgan fingerprint density at radius 2 is 2.11 bits per heavy atom. The first-order chi connectivity index (χ1) is 8.90. The number of carbonyl (C=O) groups is 1. The summed E-state index contributed by atoms with van der Waals surface area (Å²) in [6, 6.07) is 4.95. The van der Waals surface area contributed by atoms with Crippen LogP contribution in [0.2, 0.25) is 5.02 Å². The van der Waals surface area contributed by atoms with Gasteiger partial charge in [-0.15, -0.1) is 0 Å². The molecule has 1 unspecified atom stereocenters. The zero-order valence-corrected chi connectivity index (χ0v) is 12.2. The Kier molecular flexibility index (Phi) is 6.12. The maximum absolute atomic E-state index is 11.5. The number of rotatable bonds is 6. The molecular formula is C14H20ClNO3. The normalized spacial score (nSPS) is 12.3. The van der Waals surface area contributed by atoms with Crippen LogP contribution in [0.15, 0.2) is 18.2 Å². The smallest absolute Gasteiger partial charge is 0.257 e. The molecule has 5 heteroatoms. The summed E-state index contributed by atoms with van der Waals surface area (Å²) in [6.45, 7) is 6.20. The standard InChI is InChI=1S/C14H20ClNO3/c1-9(2)7-16-14(18)8-19-13-5-4-11(15)6-12(13)10(3)17/h4-6,9-10,17H,7-8H2,1-3H3,(H,16,18). The quantitative estimate of drug-likeness (QED) is 0.844. The van der Waals surface area contributed by atoms with Gasteiger partial charge in [-0.05, 0) is 31.0 Å². The van der Waals surface area contributed by atoms with Gasteiger partial charge < -0.3 is 15.2 Å². The molecule has 1 rings (SSSR count). The van der Waals surface area contributed by atoms with Crippen LogP contribution in [0.4, 0.5) is 0 Å². The van der Waals surface area contributed by atoms with Crippen LogP contribution in [0.25, 0.3) is 0 Å². The lowest BCUT2D eigenvalue weighted by atomic mass is 10.1. The maximum atomic E-state index is 11.5. The highest BCUT2D eigenvalue weighted by Crippen LogP contribution is 2.28. The van der Waals surface area contributed by atoms with Gasteiger partial charge in [-0.3, -0.25) is 4.79 Å². The Hall–Kier alpha value is -1.26. The van der Waals surface area contributed by atoms with Crippen LogP contribution in [0, 0.1) is 5.92 Å². The highest BCUT2D eigenvalue weighted by atomic mass is 35.5. The van der Waals surface area contributed by atoms with Crippen LogP contribution in [-0.2, 0) is 4.79 Å².